The Balaban J connectivity index is 1.35. The van der Waals surface area contributed by atoms with E-state index in [1.54, 1.807) is 6.07 Å². The molecule has 0 bridgehead atoms. The fourth-order valence-electron chi connectivity index (χ4n) is 4.65. The van der Waals surface area contributed by atoms with Crippen LogP contribution in [0.3, 0.4) is 0 Å². The molecule has 5 rings (SSSR count). The molecule has 2 aliphatic heterocycles. The summed E-state index contributed by atoms with van der Waals surface area (Å²) >= 11 is 5.83. The lowest BCUT2D eigenvalue weighted by atomic mass is 9.97. The molecule has 1 atom stereocenters. The molecular weight excluding hydrogens is 444 g/mol. The Morgan fingerprint density at radius 1 is 1.06 bits per heavy atom. The molecule has 3 aromatic rings. The number of pyridine rings is 2. The van der Waals surface area contributed by atoms with E-state index >= 15 is 0 Å². The van der Waals surface area contributed by atoms with Crippen molar-refractivity contribution in [2.45, 2.75) is 31.3 Å². The minimum atomic E-state index is -0.912. The van der Waals surface area contributed by atoms with Crippen LogP contribution in [0.15, 0.2) is 43.1 Å². The van der Waals surface area contributed by atoms with Gasteiger partial charge in [-0.05, 0) is 55.8 Å². The fraction of sp³-hybridized carbons (Fsp3) is 0.360. The topological polar surface area (TPSA) is 58.3 Å². The lowest BCUT2D eigenvalue weighted by molar-refractivity contribution is 0.139. The van der Waals surface area contributed by atoms with Crippen LogP contribution in [0.2, 0.25) is 5.02 Å². The summed E-state index contributed by atoms with van der Waals surface area (Å²) in [5, 5.41) is -0.188. The second kappa shape index (κ2) is 8.97. The van der Waals surface area contributed by atoms with E-state index in [9.17, 15) is 8.78 Å². The molecule has 2 aliphatic rings. The first-order valence-electron chi connectivity index (χ1n) is 11.3. The van der Waals surface area contributed by atoms with E-state index in [4.69, 9.17) is 22.3 Å². The maximum Gasteiger partial charge on any atom is 0.144 e. The van der Waals surface area contributed by atoms with Crippen molar-refractivity contribution in [2.75, 3.05) is 31.1 Å². The predicted octanol–water partition coefficient (Wildman–Crippen LogP) is 4.95. The maximum atomic E-state index is 14.3. The van der Waals surface area contributed by atoms with Gasteiger partial charge in [0.2, 0.25) is 0 Å². The number of benzene rings is 1. The number of likely N-dealkylation sites (tertiary alicyclic amines) is 1. The molecule has 8 heteroatoms. The van der Waals surface area contributed by atoms with Gasteiger partial charge in [-0.3, -0.25) is 9.88 Å². The molecule has 0 saturated carbocycles. The lowest BCUT2D eigenvalue weighted by Crippen LogP contribution is -2.60. The van der Waals surface area contributed by atoms with Gasteiger partial charge < -0.3 is 10.6 Å². The summed E-state index contributed by atoms with van der Waals surface area (Å²) in [7, 11) is 0. The lowest BCUT2D eigenvalue weighted by Gasteiger charge is -2.47. The number of piperidine rings is 1. The number of nitrogens with zero attached hydrogens (tertiary/aromatic N) is 4. The van der Waals surface area contributed by atoms with Crippen molar-refractivity contribution in [1.29, 1.82) is 0 Å². The Labute approximate surface area is 196 Å². The molecule has 0 amide bonds. The minimum Gasteiger partial charge on any atom is -0.367 e. The summed E-state index contributed by atoms with van der Waals surface area (Å²) < 4.78 is 27.8. The van der Waals surface area contributed by atoms with E-state index in [0.29, 0.717) is 17.3 Å². The zero-order chi connectivity index (χ0) is 23.1. The molecule has 0 aliphatic carbocycles. The number of aromatic nitrogens is 2. The van der Waals surface area contributed by atoms with Crippen LogP contribution in [0.4, 0.5) is 14.5 Å². The highest BCUT2D eigenvalue weighted by molar-refractivity contribution is 6.30. The van der Waals surface area contributed by atoms with Gasteiger partial charge in [-0.1, -0.05) is 24.6 Å². The monoisotopic (exact) mass is 469 g/mol. The molecule has 2 aromatic heterocycles. The van der Waals surface area contributed by atoms with Gasteiger partial charge in [0.05, 0.1) is 39.7 Å². The average molecular weight is 470 g/mol. The molecule has 0 spiro atoms. The van der Waals surface area contributed by atoms with Gasteiger partial charge in [0, 0.05) is 30.8 Å². The molecule has 0 radical (unpaired) electrons. The second-order valence-electron chi connectivity index (χ2n) is 8.87. The quantitative estimate of drug-likeness (QED) is 0.536. The Bertz CT molecular complexity index is 1200. The van der Waals surface area contributed by atoms with Crippen molar-refractivity contribution in [3.05, 3.63) is 71.0 Å². The molecule has 1 aromatic carbocycles. The Kier molecular flexibility index (Phi) is 6.03. The van der Waals surface area contributed by atoms with Crippen molar-refractivity contribution in [3.8, 4) is 0 Å². The molecule has 5 nitrogen and oxygen atoms in total. The third-order valence-corrected chi connectivity index (χ3v) is 7.03. The highest BCUT2D eigenvalue weighted by Gasteiger charge is 2.32. The number of hydrogen-bond acceptors (Lipinski definition) is 5. The number of rotatable bonds is 5. The summed E-state index contributed by atoms with van der Waals surface area (Å²) in [5.74, 6) is -1.59. The van der Waals surface area contributed by atoms with Gasteiger partial charge in [0.15, 0.2) is 0 Å². The highest BCUT2D eigenvalue weighted by atomic mass is 35.5. The summed E-state index contributed by atoms with van der Waals surface area (Å²) in [6.07, 6.45) is 5.80. The van der Waals surface area contributed by atoms with Crippen LogP contribution in [0.5, 0.6) is 0 Å². The summed E-state index contributed by atoms with van der Waals surface area (Å²) in [4.78, 5) is 14.2. The van der Waals surface area contributed by atoms with Gasteiger partial charge >= 0.3 is 0 Å². The van der Waals surface area contributed by atoms with Crippen LogP contribution in [0.1, 0.15) is 36.6 Å². The van der Waals surface area contributed by atoms with E-state index in [-0.39, 0.29) is 10.6 Å². The zero-order valence-electron chi connectivity index (χ0n) is 18.3. The number of fused-ring (bicyclic) bond motifs is 1. The van der Waals surface area contributed by atoms with Crippen molar-refractivity contribution in [1.82, 2.24) is 14.9 Å². The third kappa shape index (κ3) is 4.33. The van der Waals surface area contributed by atoms with E-state index in [2.05, 4.69) is 21.4 Å². The molecule has 4 heterocycles. The second-order valence-corrected chi connectivity index (χ2v) is 9.28. The smallest absolute Gasteiger partial charge is 0.144 e. The van der Waals surface area contributed by atoms with Crippen LogP contribution in [0.25, 0.3) is 16.6 Å². The first-order chi connectivity index (χ1) is 15.9. The van der Waals surface area contributed by atoms with E-state index in [1.807, 2.05) is 18.3 Å². The molecule has 1 unspecified atom stereocenters. The molecule has 172 valence electrons. The van der Waals surface area contributed by atoms with Gasteiger partial charge in [-0.15, -0.1) is 0 Å². The van der Waals surface area contributed by atoms with Crippen molar-refractivity contribution in [2.24, 2.45) is 5.73 Å². The summed E-state index contributed by atoms with van der Waals surface area (Å²) in [5.41, 5.74) is 9.77. The zero-order valence-corrected chi connectivity index (χ0v) is 19.0. The first kappa shape index (κ1) is 22.2. The minimum absolute atomic E-state index is 0.0736. The molecule has 2 N–H and O–H groups in total. The normalized spacial score (nSPS) is 18.4. The van der Waals surface area contributed by atoms with Crippen LogP contribution < -0.4 is 10.6 Å². The van der Waals surface area contributed by atoms with E-state index in [0.717, 1.165) is 35.9 Å². The largest absolute Gasteiger partial charge is 0.367 e. The third-order valence-electron chi connectivity index (χ3n) is 6.74. The van der Waals surface area contributed by atoms with Crippen molar-refractivity contribution in [3.63, 3.8) is 0 Å². The number of halogens is 3. The molecule has 33 heavy (non-hydrogen) atoms. The Morgan fingerprint density at radius 2 is 1.82 bits per heavy atom. The van der Waals surface area contributed by atoms with Crippen molar-refractivity contribution < 1.29 is 8.78 Å². The first-order valence-corrected chi connectivity index (χ1v) is 11.6. The van der Waals surface area contributed by atoms with Crippen molar-refractivity contribution >= 4 is 33.9 Å². The standard InChI is InChI=1S/C25H26ClF2N5/c1-15(25(29)18-10-19(26)21(28)11-20(18)27)22-5-6-23-24(31-22)9-16(12-30-23)33-13-17(14-33)32-7-3-2-4-8-32/h5-6,9-12,17,25H,1-4,7-8,13-14,29H2. The number of hydrogen-bond donors (Lipinski definition) is 1. The van der Waals surface area contributed by atoms with E-state index in [1.165, 1.54) is 38.4 Å². The van der Waals surface area contributed by atoms with Crippen LogP contribution >= 0.6 is 11.6 Å². The van der Waals surface area contributed by atoms with Gasteiger partial charge in [0.1, 0.15) is 11.6 Å². The Morgan fingerprint density at radius 3 is 2.58 bits per heavy atom. The highest BCUT2D eigenvalue weighted by Crippen LogP contribution is 2.32. The summed E-state index contributed by atoms with van der Waals surface area (Å²) in [6.45, 7) is 8.40. The van der Waals surface area contributed by atoms with E-state index < -0.39 is 17.7 Å². The van der Waals surface area contributed by atoms with Gasteiger partial charge in [-0.25, -0.2) is 13.8 Å². The molecule has 2 saturated heterocycles. The summed E-state index contributed by atoms with van der Waals surface area (Å²) in [6, 6.07) is 7.26. The predicted molar refractivity (Wildman–Crippen MR) is 128 cm³/mol. The average Bonchev–Trinajstić information content (AvgIpc) is 2.80. The number of anilines is 1. The Hall–Kier alpha value is -2.61. The fourth-order valence-corrected chi connectivity index (χ4v) is 4.82. The molecule has 2 fully saturated rings. The van der Waals surface area contributed by atoms with Gasteiger partial charge in [0.25, 0.3) is 0 Å². The van der Waals surface area contributed by atoms with Gasteiger partial charge in [-0.2, -0.15) is 0 Å². The number of nitrogens with two attached hydrogens (primary N) is 1. The molecular formula is C25H26ClF2N5. The maximum absolute atomic E-state index is 14.3. The van der Waals surface area contributed by atoms with Crippen LogP contribution in [-0.4, -0.2) is 47.1 Å². The SMILES string of the molecule is C=C(c1ccc2ncc(N3CC(N4CCCCC4)C3)cc2n1)C(N)c1cc(Cl)c(F)cc1F. The van der Waals surface area contributed by atoms with Crippen LogP contribution in [-0.2, 0) is 0 Å². The van der Waals surface area contributed by atoms with Crippen LogP contribution in [0, 0.1) is 11.6 Å².